The zero-order valence-electron chi connectivity index (χ0n) is 14.8. The third-order valence-electron chi connectivity index (χ3n) is 4.50. The fraction of sp³-hybridized carbons (Fsp3) is 0.0435. The maximum Gasteiger partial charge on any atom is 0.336 e. The quantitative estimate of drug-likeness (QED) is 0.375. The molecule has 4 nitrogen and oxygen atoms in total. The average Bonchev–Trinajstić information content (AvgIpc) is 3.15. The molecule has 0 amide bonds. The fourth-order valence-electron chi connectivity index (χ4n) is 3.22. The Morgan fingerprint density at radius 3 is 2.61 bits per heavy atom. The van der Waals surface area contributed by atoms with E-state index in [0.717, 1.165) is 31.7 Å². The van der Waals surface area contributed by atoms with Gasteiger partial charge in [-0.05, 0) is 35.4 Å². The molecule has 0 radical (unpaired) electrons. The van der Waals surface area contributed by atoms with Crippen molar-refractivity contribution in [3.63, 3.8) is 0 Å². The van der Waals surface area contributed by atoms with Crippen LogP contribution in [0.2, 0.25) is 0 Å². The lowest BCUT2D eigenvalue weighted by atomic mass is 10.0. The highest BCUT2D eigenvalue weighted by Crippen LogP contribution is 2.30. The lowest BCUT2D eigenvalue weighted by molar-refractivity contribution is 0.306. The molecule has 2 heterocycles. The maximum absolute atomic E-state index is 12.1. The number of thiazole rings is 1. The molecule has 136 valence electrons. The first-order valence-corrected chi connectivity index (χ1v) is 9.68. The minimum absolute atomic E-state index is 0.369. The van der Waals surface area contributed by atoms with E-state index >= 15 is 0 Å². The van der Waals surface area contributed by atoms with Gasteiger partial charge in [-0.25, -0.2) is 9.78 Å². The van der Waals surface area contributed by atoms with Crippen LogP contribution in [-0.2, 0) is 6.61 Å². The van der Waals surface area contributed by atoms with Gasteiger partial charge in [0.25, 0.3) is 0 Å². The summed E-state index contributed by atoms with van der Waals surface area (Å²) in [5.74, 6) is 0.639. The van der Waals surface area contributed by atoms with Crippen LogP contribution in [0, 0.1) is 0 Å². The molecular weight excluding hydrogens is 370 g/mol. The van der Waals surface area contributed by atoms with Gasteiger partial charge in [0.05, 0.1) is 10.2 Å². The summed E-state index contributed by atoms with van der Waals surface area (Å²) >= 11 is 1.61. The molecule has 28 heavy (non-hydrogen) atoms. The predicted molar refractivity (Wildman–Crippen MR) is 112 cm³/mol. The fourth-order valence-corrected chi connectivity index (χ4v) is 4.10. The number of ether oxygens (including phenoxy) is 1. The van der Waals surface area contributed by atoms with Gasteiger partial charge < -0.3 is 9.15 Å². The van der Waals surface area contributed by atoms with Gasteiger partial charge in [0.1, 0.15) is 22.9 Å². The maximum atomic E-state index is 12.1. The van der Waals surface area contributed by atoms with Crippen LogP contribution >= 0.6 is 11.3 Å². The number of rotatable bonds is 4. The minimum Gasteiger partial charge on any atom is -0.486 e. The van der Waals surface area contributed by atoms with Gasteiger partial charge in [0, 0.05) is 17.5 Å². The number of hydrogen-bond acceptors (Lipinski definition) is 5. The zero-order valence-corrected chi connectivity index (χ0v) is 15.6. The van der Waals surface area contributed by atoms with Crippen LogP contribution in [0.5, 0.6) is 5.75 Å². The second-order valence-electron chi connectivity index (χ2n) is 6.37. The average molecular weight is 385 g/mol. The first kappa shape index (κ1) is 16.7. The highest BCUT2D eigenvalue weighted by Gasteiger charge is 2.10. The van der Waals surface area contributed by atoms with Gasteiger partial charge in [-0.2, -0.15) is 0 Å². The summed E-state index contributed by atoms with van der Waals surface area (Å²) in [5, 5.41) is 1.78. The molecule has 0 saturated heterocycles. The number of aromatic nitrogens is 1. The third kappa shape index (κ3) is 3.17. The van der Waals surface area contributed by atoms with Crippen molar-refractivity contribution in [3.05, 3.63) is 94.3 Å². The summed E-state index contributed by atoms with van der Waals surface area (Å²) in [5.41, 5.74) is 2.93. The third-order valence-corrected chi connectivity index (χ3v) is 5.51. The molecular formula is C23H15NO3S. The van der Waals surface area contributed by atoms with Crippen molar-refractivity contribution in [2.24, 2.45) is 0 Å². The summed E-state index contributed by atoms with van der Waals surface area (Å²) in [6, 6.07) is 24.9. The molecule has 2 aromatic heterocycles. The normalized spacial score (nSPS) is 11.1. The van der Waals surface area contributed by atoms with E-state index in [0.29, 0.717) is 17.9 Å². The molecule has 5 rings (SSSR count). The van der Waals surface area contributed by atoms with Gasteiger partial charge in [0.2, 0.25) is 0 Å². The first-order chi connectivity index (χ1) is 13.8. The Morgan fingerprint density at radius 2 is 1.75 bits per heavy atom. The van der Waals surface area contributed by atoms with E-state index in [1.54, 1.807) is 17.4 Å². The number of para-hydroxylation sites is 1. The Morgan fingerprint density at radius 1 is 0.929 bits per heavy atom. The first-order valence-electron chi connectivity index (χ1n) is 8.87. The van der Waals surface area contributed by atoms with Crippen molar-refractivity contribution in [1.82, 2.24) is 4.98 Å². The van der Waals surface area contributed by atoms with E-state index in [4.69, 9.17) is 9.15 Å². The molecule has 3 aromatic carbocycles. The summed E-state index contributed by atoms with van der Waals surface area (Å²) in [6.07, 6.45) is 0. The Hall–Kier alpha value is -3.44. The molecule has 0 saturated carbocycles. The summed E-state index contributed by atoms with van der Waals surface area (Å²) in [6.45, 7) is 0.369. The zero-order chi connectivity index (χ0) is 18.9. The van der Waals surface area contributed by atoms with Crippen molar-refractivity contribution in [2.45, 2.75) is 6.61 Å². The number of fused-ring (bicyclic) bond motifs is 2. The molecule has 0 N–H and O–H groups in total. The Kier molecular flexibility index (Phi) is 4.14. The SMILES string of the molecule is O=c1cc(-c2ccccc2)c2ccc(OCc3nc4ccccc4s3)cc2o1. The van der Waals surface area contributed by atoms with Crippen molar-refractivity contribution >= 4 is 32.5 Å². The molecule has 0 atom stereocenters. The molecule has 0 spiro atoms. The van der Waals surface area contributed by atoms with E-state index in [-0.39, 0.29) is 5.63 Å². The largest absolute Gasteiger partial charge is 0.486 e. The Labute approximate surface area is 164 Å². The topological polar surface area (TPSA) is 52.3 Å². The van der Waals surface area contributed by atoms with E-state index < -0.39 is 0 Å². The number of nitrogens with zero attached hydrogens (tertiary/aromatic N) is 1. The number of hydrogen-bond donors (Lipinski definition) is 0. The van der Waals surface area contributed by atoms with Gasteiger partial charge in [0.15, 0.2) is 0 Å². The number of benzene rings is 3. The van der Waals surface area contributed by atoms with E-state index in [1.165, 1.54) is 6.07 Å². The summed E-state index contributed by atoms with van der Waals surface area (Å²) in [4.78, 5) is 16.6. The highest BCUT2D eigenvalue weighted by atomic mass is 32.1. The van der Waals surface area contributed by atoms with Gasteiger partial charge in [-0.1, -0.05) is 42.5 Å². The molecule has 0 aliphatic carbocycles. The van der Waals surface area contributed by atoms with Crippen molar-refractivity contribution < 1.29 is 9.15 Å². The van der Waals surface area contributed by atoms with Crippen LogP contribution < -0.4 is 10.4 Å². The standard InChI is InChI=1S/C23H15NO3S/c25-23-13-18(15-6-2-1-3-7-15)17-11-10-16(12-20(17)27-23)26-14-22-24-19-8-4-5-9-21(19)28-22/h1-13H,14H2. The second kappa shape index (κ2) is 6.94. The Bertz CT molecular complexity index is 1310. The van der Waals surface area contributed by atoms with Gasteiger partial charge in [-0.3, -0.25) is 0 Å². The van der Waals surface area contributed by atoms with Crippen LogP contribution in [0.3, 0.4) is 0 Å². The van der Waals surface area contributed by atoms with Crippen molar-refractivity contribution in [3.8, 4) is 16.9 Å². The monoisotopic (exact) mass is 385 g/mol. The van der Waals surface area contributed by atoms with Crippen LogP contribution in [0.4, 0.5) is 0 Å². The van der Waals surface area contributed by atoms with E-state index in [9.17, 15) is 4.79 Å². The summed E-state index contributed by atoms with van der Waals surface area (Å²) in [7, 11) is 0. The molecule has 0 bridgehead atoms. The van der Waals surface area contributed by atoms with Crippen molar-refractivity contribution in [1.29, 1.82) is 0 Å². The van der Waals surface area contributed by atoms with Crippen LogP contribution in [-0.4, -0.2) is 4.98 Å². The van der Waals surface area contributed by atoms with Gasteiger partial charge in [-0.15, -0.1) is 11.3 Å². The van der Waals surface area contributed by atoms with Crippen LogP contribution in [0.25, 0.3) is 32.3 Å². The molecule has 5 aromatic rings. The molecule has 0 aliphatic rings. The van der Waals surface area contributed by atoms with Crippen molar-refractivity contribution in [2.75, 3.05) is 0 Å². The summed E-state index contributed by atoms with van der Waals surface area (Å²) < 4.78 is 12.5. The predicted octanol–water partition coefficient (Wildman–Crippen LogP) is 5.65. The second-order valence-corrected chi connectivity index (χ2v) is 7.48. The molecule has 0 aliphatic heterocycles. The molecule has 0 fully saturated rings. The lowest BCUT2D eigenvalue weighted by Crippen LogP contribution is -1.99. The van der Waals surface area contributed by atoms with E-state index in [1.807, 2.05) is 66.7 Å². The lowest BCUT2D eigenvalue weighted by Gasteiger charge is -2.08. The van der Waals surface area contributed by atoms with E-state index in [2.05, 4.69) is 4.98 Å². The smallest absolute Gasteiger partial charge is 0.336 e. The van der Waals surface area contributed by atoms with Gasteiger partial charge >= 0.3 is 5.63 Å². The molecule has 0 unspecified atom stereocenters. The molecule has 5 heteroatoms. The highest BCUT2D eigenvalue weighted by molar-refractivity contribution is 7.18. The van der Waals surface area contributed by atoms with Crippen LogP contribution in [0.15, 0.2) is 88.1 Å². The Balaban J connectivity index is 1.47. The minimum atomic E-state index is -0.380. The van der Waals surface area contributed by atoms with Crippen LogP contribution in [0.1, 0.15) is 5.01 Å².